The molecule has 3 aromatic rings. The van der Waals surface area contributed by atoms with Gasteiger partial charge >= 0.3 is 0 Å². The van der Waals surface area contributed by atoms with E-state index in [2.05, 4.69) is 21.9 Å². The van der Waals surface area contributed by atoms with Gasteiger partial charge in [0.25, 0.3) is 5.91 Å². The summed E-state index contributed by atoms with van der Waals surface area (Å²) < 4.78 is 0. The maximum atomic E-state index is 13.0. The summed E-state index contributed by atoms with van der Waals surface area (Å²) in [6.07, 6.45) is 6.14. The van der Waals surface area contributed by atoms with Gasteiger partial charge in [-0.25, -0.2) is 9.97 Å². The lowest BCUT2D eigenvalue weighted by molar-refractivity contribution is 0.0742. The maximum Gasteiger partial charge on any atom is 0.256 e. The molecular weight excluding hydrogens is 300 g/mol. The zero-order valence-corrected chi connectivity index (χ0v) is 13.9. The molecule has 0 bridgehead atoms. The average Bonchev–Trinajstić information content (AvgIpc) is 2.61. The minimum Gasteiger partial charge on any atom is -0.334 e. The van der Waals surface area contributed by atoms with Crippen LogP contribution >= 0.6 is 0 Å². The summed E-state index contributed by atoms with van der Waals surface area (Å²) in [5.74, 6) is -0.00328. The van der Waals surface area contributed by atoms with Gasteiger partial charge in [0.15, 0.2) is 5.65 Å². The molecule has 0 saturated heterocycles. The predicted molar refractivity (Wildman–Crippen MR) is 93.5 cm³/mol. The fourth-order valence-corrected chi connectivity index (χ4v) is 2.72. The molecule has 0 unspecified atom stereocenters. The second-order valence-corrected chi connectivity index (χ2v) is 5.76. The summed E-state index contributed by atoms with van der Waals surface area (Å²) in [6, 6.07) is 9.54. The Balaban J connectivity index is 1.93. The van der Waals surface area contributed by atoms with E-state index in [0.29, 0.717) is 30.0 Å². The summed E-state index contributed by atoms with van der Waals surface area (Å²) in [7, 11) is 0. The van der Waals surface area contributed by atoms with Crippen molar-refractivity contribution >= 4 is 16.9 Å². The standard InChI is InChI=1S/C19H20N4O/c1-3-10-23(13-15-6-4-8-20-12-15)19(24)17-11-16-7-5-9-21-18(16)22-14(17)2/h4-9,11-12H,3,10,13H2,1-2H3. The number of hydrogen-bond acceptors (Lipinski definition) is 4. The molecule has 3 rings (SSSR count). The van der Waals surface area contributed by atoms with Gasteiger partial charge in [-0.2, -0.15) is 0 Å². The van der Waals surface area contributed by atoms with Crippen molar-refractivity contribution in [3.05, 3.63) is 65.7 Å². The molecule has 0 aromatic carbocycles. The largest absolute Gasteiger partial charge is 0.334 e. The van der Waals surface area contributed by atoms with E-state index in [1.807, 2.05) is 42.2 Å². The van der Waals surface area contributed by atoms with Gasteiger partial charge in [-0.3, -0.25) is 9.78 Å². The van der Waals surface area contributed by atoms with Crippen molar-refractivity contribution in [3.63, 3.8) is 0 Å². The normalized spacial score (nSPS) is 10.8. The first-order valence-corrected chi connectivity index (χ1v) is 8.09. The number of aromatic nitrogens is 3. The Bertz CT molecular complexity index is 848. The Kier molecular flexibility index (Phi) is 4.79. The Hall–Kier alpha value is -2.82. The highest BCUT2D eigenvalue weighted by Gasteiger charge is 2.19. The lowest BCUT2D eigenvalue weighted by Gasteiger charge is -2.23. The van der Waals surface area contributed by atoms with E-state index in [4.69, 9.17) is 0 Å². The molecule has 1 amide bonds. The first-order valence-electron chi connectivity index (χ1n) is 8.09. The van der Waals surface area contributed by atoms with E-state index in [-0.39, 0.29) is 5.91 Å². The minimum atomic E-state index is -0.00328. The molecule has 0 radical (unpaired) electrons. The van der Waals surface area contributed by atoms with Crippen LogP contribution < -0.4 is 0 Å². The number of carbonyl (C=O) groups is 1. The molecule has 122 valence electrons. The van der Waals surface area contributed by atoms with Crippen molar-refractivity contribution < 1.29 is 4.79 Å². The number of amides is 1. The van der Waals surface area contributed by atoms with Gasteiger partial charge in [-0.1, -0.05) is 13.0 Å². The van der Waals surface area contributed by atoms with E-state index in [1.165, 1.54) is 0 Å². The zero-order valence-electron chi connectivity index (χ0n) is 13.9. The van der Waals surface area contributed by atoms with Gasteiger partial charge in [0.05, 0.1) is 11.3 Å². The van der Waals surface area contributed by atoms with Crippen LogP contribution in [-0.4, -0.2) is 32.3 Å². The lowest BCUT2D eigenvalue weighted by atomic mass is 10.1. The third kappa shape index (κ3) is 3.40. The van der Waals surface area contributed by atoms with Crippen LogP contribution in [0.15, 0.2) is 48.9 Å². The Morgan fingerprint density at radius 3 is 2.79 bits per heavy atom. The van der Waals surface area contributed by atoms with Crippen molar-refractivity contribution in [1.82, 2.24) is 19.9 Å². The molecule has 3 aromatic heterocycles. The number of nitrogens with zero attached hydrogens (tertiary/aromatic N) is 4. The smallest absolute Gasteiger partial charge is 0.256 e. The van der Waals surface area contributed by atoms with Crippen LogP contribution in [0.2, 0.25) is 0 Å². The zero-order chi connectivity index (χ0) is 16.9. The van der Waals surface area contributed by atoms with E-state index in [9.17, 15) is 4.79 Å². The molecule has 0 aliphatic carbocycles. The molecule has 0 aliphatic heterocycles. The summed E-state index contributed by atoms with van der Waals surface area (Å²) in [5, 5.41) is 0.879. The van der Waals surface area contributed by atoms with Crippen LogP contribution in [0.5, 0.6) is 0 Å². The summed E-state index contributed by atoms with van der Waals surface area (Å²) in [5.41, 5.74) is 3.03. The molecule has 0 spiro atoms. The average molecular weight is 320 g/mol. The van der Waals surface area contributed by atoms with Crippen LogP contribution in [0, 0.1) is 6.92 Å². The van der Waals surface area contributed by atoms with E-state index < -0.39 is 0 Å². The fourth-order valence-electron chi connectivity index (χ4n) is 2.72. The quantitative estimate of drug-likeness (QED) is 0.723. The van der Waals surface area contributed by atoms with E-state index >= 15 is 0 Å². The van der Waals surface area contributed by atoms with Gasteiger partial charge in [-0.05, 0) is 43.2 Å². The topological polar surface area (TPSA) is 59.0 Å². The van der Waals surface area contributed by atoms with E-state index in [1.54, 1.807) is 18.6 Å². The van der Waals surface area contributed by atoms with Crippen molar-refractivity contribution in [2.45, 2.75) is 26.8 Å². The molecule has 3 heterocycles. The Morgan fingerprint density at radius 2 is 2.04 bits per heavy atom. The van der Waals surface area contributed by atoms with Gasteiger partial charge in [0.1, 0.15) is 0 Å². The SMILES string of the molecule is CCCN(Cc1cccnc1)C(=O)c1cc2cccnc2nc1C. The van der Waals surface area contributed by atoms with Crippen molar-refractivity contribution in [3.8, 4) is 0 Å². The van der Waals surface area contributed by atoms with Gasteiger partial charge in [0.2, 0.25) is 0 Å². The predicted octanol–water partition coefficient (Wildman–Crippen LogP) is 3.39. The summed E-state index contributed by atoms with van der Waals surface area (Å²) >= 11 is 0. The van der Waals surface area contributed by atoms with Gasteiger partial charge in [0, 0.05) is 37.1 Å². The Morgan fingerprint density at radius 1 is 1.21 bits per heavy atom. The second-order valence-electron chi connectivity index (χ2n) is 5.76. The van der Waals surface area contributed by atoms with Crippen molar-refractivity contribution in [2.24, 2.45) is 0 Å². The third-order valence-corrected chi connectivity index (χ3v) is 3.89. The van der Waals surface area contributed by atoms with Crippen molar-refractivity contribution in [1.29, 1.82) is 0 Å². The first kappa shape index (κ1) is 16.1. The highest BCUT2D eigenvalue weighted by molar-refractivity contribution is 5.98. The molecule has 0 atom stereocenters. The molecule has 5 nitrogen and oxygen atoms in total. The molecule has 0 fully saturated rings. The number of pyridine rings is 3. The number of hydrogen-bond donors (Lipinski definition) is 0. The van der Waals surface area contributed by atoms with E-state index in [0.717, 1.165) is 17.4 Å². The highest BCUT2D eigenvalue weighted by Crippen LogP contribution is 2.18. The molecule has 0 aliphatic rings. The maximum absolute atomic E-state index is 13.0. The monoisotopic (exact) mass is 320 g/mol. The molecule has 0 saturated carbocycles. The fraction of sp³-hybridized carbons (Fsp3) is 0.263. The first-order chi connectivity index (χ1) is 11.7. The van der Waals surface area contributed by atoms with Gasteiger partial charge < -0.3 is 4.90 Å². The van der Waals surface area contributed by atoms with Crippen LogP contribution in [0.3, 0.4) is 0 Å². The van der Waals surface area contributed by atoms with Crippen molar-refractivity contribution in [2.75, 3.05) is 6.54 Å². The number of fused-ring (bicyclic) bond motifs is 1. The summed E-state index contributed by atoms with van der Waals surface area (Å²) in [6.45, 7) is 5.16. The second kappa shape index (κ2) is 7.17. The minimum absolute atomic E-state index is 0.00328. The van der Waals surface area contributed by atoms with Crippen LogP contribution in [0.4, 0.5) is 0 Å². The third-order valence-electron chi connectivity index (χ3n) is 3.89. The lowest BCUT2D eigenvalue weighted by Crippen LogP contribution is -2.32. The van der Waals surface area contributed by atoms with Gasteiger partial charge in [-0.15, -0.1) is 0 Å². The van der Waals surface area contributed by atoms with Crippen LogP contribution in [0.1, 0.15) is 35.0 Å². The highest BCUT2D eigenvalue weighted by atomic mass is 16.2. The van der Waals surface area contributed by atoms with Crippen LogP contribution in [-0.2, 0) is 6.54 Å². The number of rotatable bonds is 5. The number of carbonyl (C=O) groups excluding carboxylic acids is 1. The summed E-state index contributed by atoms with van der Waals surface area (Å²) in [4.78, 5) is 27.8. The molecule has 5 heteroatoms. The van der Waals surface area contributed by atoms with Crippen LogP contribution in [0.25, 0.3) is 11.0 Å². The number of aryl methyl sites for hydroxylation is 1. The molecular formula is C19H20N4O. The molecule has 0 N–H and O–H groups in total. The Labute approximate surface area is 141 Å². The molecule has 24 heavy (non-hydrogen) atoms.